The second kappa shape index (κ2) is 9.83. The lowest BCUT2D eigenvalue weighted by Gasteiger charge is -2.09. The Balaban J connectivity index is 1.33. The zero-order chi connectivity index (χ0) is 21.5. The summed E-state index contributed by atoms with van der Waals surface area (Å²) in [4.78, 5) is 19.4. The summed E-state index contributed by atoms with van der Waals surface area (Å²) in [6, 6.07) is 26.3. The van der Waals surface area contributed by atoms with E-state index in [4.69, 9.17) is 5.73 Å². The van der Waals surface area contributed by atoms with E-state index < -0.39 is 6.04 Å². The summed E-state index contributed by atoms with van der Waals surface area (Å²) in [5.41, 5.74) is 12.4. The molecule has 154 valence electrons. The highest BCUT2D eigenvalue weighted by atomic mass is 16.1. The van der Waals surface area contributed by atoms with Crippen molar-refractivity contribution >= 4 is 17.9 Å². The molecule has 0 saturated heterocycles. The van der Waals surface area contributed by atoms with Gasteiger partial charge in [0.15, 0.2) is 5.78 Å². The van der Waals surface area contributed by atoms with E-state index in [1.807, 2.05) is 42.5 Å². The molecule has 0 radical (unpaired) electrons. The molecular weight excluding hydrogens is 382 g/mol. The SMILES string of the molecule is N[C@@H](Cc1c[nH]cn1)C(=O)Cc1ccc(C=Cc2ccc(-c3ccccc3)cc2)cc1. The molecule has 0 spiro atoms. The van der Waals surface area contributed by atoms with Crippen molar-refractivity contribution < 1.29 is 4.79 Å². The molecular formula is C27H25N3O. The van der Waals surface area contributed by atoms with Gasteiger partial charge in [0.05, 0.1) is 18.1 Å². The molecule has 4 rings (SSSR count). The molecule has 0 aliphatic rings. The number of aromatic nitrogens is 2. The number of carbonyl (C=O) groups is 1. The molecule has 1 heterocycles. The van der Waals surface area contributed by atoms with E-state index in [9.17, 15) is 4.79 Å². The fourth-order valence-corrected chi connectivity index (χ4v) is 3.43. The number of aromatic amines is 1. The molecule has 0 amide bonds. The van der Waals surface area contributed by atoms with Crippen molar-refractivity contribution in [3.63, 3.8) is 0 Å². The molecule has 1 atom stereocenters. The molecule has 3 N–H and O–H groups in total. The smallest absolute Gasteiger partial charge is 0.154 e. The van der Waals surface area contributed by atoms with E-state index in [1.54, 1.807) is 12.5 Å². The van der Waals surface area contributed by atoms with Crippen LogP contribution in [0.5, 0.6) is 0 Å². The zero-order valence-electron chi connectivity index (χ0n) is 17.2. The van der Waals surface area contributed by atoms with E-state index in [0.717, 1.165) is 22.4 Å². The van der Waals surface area contributed by atoms with Crippen LogP contribution in [0.2, 0.25) is 0 Å². The molecule has 31 heavy (non-hydrogen) atoms. The number of benzene rings is 3. The Hall–Kier alpha value is -3.76. The van der Waals surface area contributed by atoms with Crippen LogP contribution in [0.15, 0.2) is 91.4 Å². The largest absolute Gasteiger partial charge is 0.351 e. The summed E-state index contributed by atoms with van der Waals surface area (Å²) < 4.78 is 0. The monoisotopic (exact) mass is 407 g/mol. The highest BCUT2D eigenvalue weighted by Crippen LogP contribution is 2.20. The van der Waals surface area contributed by atoms with Crippen LogP contribution in [0.3, 0.4) is 0 Å². The topological polar surface area (TPSA) is 71.8 Å². The second-order valence-electron chi connectivity index (χ2n) is 7.58. The van der Waals surface area contributed by atoms with E-state index in [0.29, 0.717) is 12.8 Å². The Morgan fingerprint density at radius 2 is 1.48 bits per heavy atom. The van der Waals surface area contributed by atoms with Gasteiger partial charge in [0.1, 0.15) is 0 Å². The van der Waals surface area contributed by atoms with Gasteiger partial charge in [-0.1, -0.05) is 91.0 Å². The molecule has 0 bridgehead atoms. The van der Waals surface area contributed by atoms with Crippen LogP contribution in [0, 0.1) is 0 Å². The highest BCUT2D eigenvalue weighted by Gasteiger charge is 2.15. The summed E-state index contributed by atoms with van der Waals surface area (Å²) in [6.07, 6.45) is 8.31. The third-order valence-corrected chi connectivity index (χ3v) is 5.24. The van der Waals surface area contributed by atoms with Crippen molar-refractivity contribution in [2.75, 3.05) is 0 Å². The number of ketones is 1. The third kappa shape index (κ3) is 5.65. The first-order chi connectivity index (χ1) is 15.2. The number of hydrogen-bond donors (Lipinski definition) is 2. The van der Waals surface area contributed by atoms with Crippen molar-refractivity contribution in [3.05, 3.63) is 114 Å². The van der Waals surface area contributed by atoms with Gasteiger partial charge in [-0.25, -0.2) is 4.98 Å². The molecule has 0 fully saturated rings. The lowest BCUT2D eigenvalue weighted by Crippen LogP contribution is -2.34. The fraction of sp³-hybridized carbons (Fsp3) is 0.111. The number of H-pyrrole nitrogens is 1. The van der Waals surface area contributed by atoms with E-state index >= 15 is 0 Å². The maximum absolute atomic E-state index is 12.4. The van der Waals surface area contributed by atoms with Crippen LogP contribution in [0.4, 0.5) is 0 Å². The van der Waals surface area contributed by atoms with Crippen LogP contribution >= 0.6 is 0 Å². The van der Waals surface area contributed by atoms with E-state index in [1.165, 1.54) is 11.1 Å². The van der Waals surface area contributed by atoms with Crippen LogP contribution < -0.4 is 5.73 Å². The van der Waals surface area contributed by atoms with Gasteiger partial charge in [0.25, 0.3) is 0 Å². The molecule has 4 heteroatoms. The van der Waals surface area contributed by atoms with Gasteiger partial charge in [0.2, 0.25) is 0 Å². The van der Waals surface area contributed by atoms with E-state index in [-0.39, 0.29) is 5.78 Å². The first kappa shape index (κ1) is 20.5. The number of rotatable bonds is 8. The van der Waals surface area contributed by atoms with Crippen molar-refractivity contribution in [2.24, 2.45) is 5.73 Å². The van der Waals surface area contributed by atoms with Gasteiger partial charge < -0.3 is 10.7 Å². The molecule has 0 aliphatic heterocycles. The average molecular weight is 408 g/mol. The summed E-state index contributed by atoms with van der Waals surface area (Å²) in [7, 11) is 0. The first-order valence-electron chi connectivity index (χ1n) is 10.4. The van der Waals surface area contributed by atoms with Gasteiger partial charge in [-0.3, -0.25) is 4.79 Å². The minimum Gasteiger partial charge on any atom is -0.351 e. The summed E-state index contributed by atoms with van der Waals surface area (Å²) in [6.45, 7) is 0. The lowest BCUT2D eigenvalue weighted by atomic mass is 10.00. The Labute approximate surface area is 182 Å². The summed E-state index contributed by atoms with van der Waals surface area (Å²) in [5, 5.41) is 0. The van der Waals surface area contributed by atoms with Crippen molar-refractivity contribution in [1.82, 2.24) is 9.97 Å². The van der Waals surface area contributed by atoms with Gasteiger partial charge in [-0.2, -0.15) is 0 Å². The van der Waals surface area contributed by atoms with Crippen molar-refractivity contribution in [2.45, 2.75) is 18.9 Å². The highest BCUT2D eigenvalue weighted by molar-refractivity contribution is 5.86. The Morgan fingerprint density at radius 1 is 0.871 bits per heavy atom. The fourth-order valence-electron chi connectivity index (χ4n) is 3.43. The van der Waals surface area contributed by atoms with Gasteiger partial charge in [-0.05, 0) is 27.8 Å². The molecule has 0 saturated carbocycles. The van der Waals surface area contributed by atoms with Crippen LogP contribution in [0.1, 0.15) is 22.4 Å². The standard InChI is InChI=1S/C27H25N3O/c28-26(17-25-18-29-19-30-25)27(31)16-22-10-8-20(9-11-22)6-7-21-12-14-24(15-13-21)23-4-2-1-3-5-23/h1-15,18-19,26H,16-17,28H2,(H,29,30)/t26-/m0/s1. The zero-order valence-corrected chi connectivity index (χ0v) is 17.2. The number of nitrogens with two attached hydrogens (primary N) is 1. The minimum absolute atomic E-state index is 0.0183. The number of nitrogens with one attached hydrogen (secondary N) is 1. The van der Waals surface area contributed by atoms with Gasteiger partial charge in [0, 0.05) is 19.0 Å². The van der Waals surface area contributed by atoms with Crippen LogP contribution in [-0.2, 0) is 17.6 Å². The minimum atomic E-state index is -0.540. The third-order valence-electron chi connectivity index (χ3n) is 5.24. The summed E-state index contributed by atoms with van der Waals surface area (Å²) >= 11 is 0. The maximum atomic E-state index is 12.4. The summed E-state index contributed by atoms with van der Waals surface area (Å²) in [5.74, 6) is 0.0183. The molecule has 4 aromatic rings. The van der Waals surface area contributed by atoms with Gasteiger partial charge >= 0.3 is 0 Å². The maximum Gasteiger partial charge on any atom is 0.154 e. The second-order valence-corrected chi connectivity index (χ2v) is 7.58. The van der Waals surface area contributed by atoms with Crippen molar-refractivity contribution in [3.8, 4) is 11.1 Å². The Bertz CT molecular complexity index is 1130. The molecule has 0 unspecified atom stereocenters. The first-order valence-corrected chi connectivity index (χ1v) is 10.4. The molecule has 0 aliphatic carbocycles. The number of Topliss-reactive ketones (excluding diaryl/α,β-unsaturated/α-hetero) is 1. The normalized spacial score (nSPS) is 12.2. The predicted molar refractivity (Wildman–Crippen MR) is 126 cm³/mol. The van der Waals surface area contributed by atoms with Crippen LogP contribution in [0.25, 0.3) is 23.3 Å². The Morgan fingerprint density at radius 3 is 2.10 bits per heavy atom. The van der Waals surface area contributed by atoms with Crippen LogP contribution in [-0.4, -0.2) is 21.8 Å². The van der Waals surface area contributed by atoms with Gasteiger partial charge in [-0.15, -0.1) is 0 Å². The molecule has 3 aromatic carbocycles. The van der Waals surface area contributed by atoms with E-state index in [2.05, 4.69) is 58.5 Å². The number of imidazole rings is 1. The molecule has 4 nitrogen and oxygen atoms in total. The van der Waals surface area contributed by atoms with Crippen molar-refractivity contribution in [1.29, 1.82) is 0 Å². The predicted octanol–water partition coefficient (Wildman–Crippen LogP) is 4.93. The lowest BCUT2D eigenvalue weighted by molar-refractivity contribution is -0.119. The average Bonchev–Trinajstić information content (AvgIpc) is 3.32. The molecule has 1 aromatic heterocycles. The quantitative estimate of drug-likeness (QED) is 0.407. The Kier molecular flexibility index (Phi) is 6.50. The number of carbonyl (C=O) groups excluding carboxylic acids is 1. The number of hydrogen-bond acceptors (Lipinski definition) is 3. The number of nitrogens with zero attached hydrogens (tertiary/aromatic N) is 1.